The molecule has 152 valence electrons. The summed E-state index contributed by atoms with van der Waals surface area (Å²) in [6.45, 7) is 0.607. The predicted molar refractivity (Wildman–Crippen MR) is 121 cm³/mol. The number of para-hydroxylation sites is 2. The number of hydrogen-bond donors (Lipinski definition) is 2. The van der Waals surface area contributed by atoms with Gasteiger partial charge < -0.3 is 20.1 Å². The van der Waals surface area contributed by atoms with E-state index >= 15 is 0 Å². The molecule has 0 saturated heterocycles. The Hall–Kier alpha value is -3.91. The van der Waals surface area contributed by atoms with Crippen LogP contribution in [-0.4, -0.2) is 22.8 Å². The Balaban J connectivity index is 1.23. The van der Waals surface area contributed by atoms with Gasteiger partial charge in [-0.15, -0.1) is 11.3 Å². The molecule has 2 amide bonds. The zero-order valence-electron chi connectivity index (χ0n) is 16.2. The molecule has 6 rings (SSSR count). The van der Waals surface area contributed by atoms with Crippen molar-refractivity contribution in [3.05, 3.63) is 66.2 Å². The van der Waals surface area contributed by atoms with Crippen LogP contribution in [0.4, 0.5) is 10.5 Å². The minimum Gasteiger partial charge on any atom is -0.454 e. The van der Waals surface area contributed by atoms with Crippen LogP contribution in [0, 0.1) is 0 Å². The highest BCUT2D eigenvalue weighted by molar-refractivity contribution is 7.25. The first-order valence-electron chi connectivity index (χ1n) is 9.75. The maximum absolute atomic E-state index is 12.4. The second kappa shape index (κ2) is 7.10. The van der Waals surface area contributed by atoms with Crippen LogP contribution in [0.15, 0.2) is 60.7 Å². The third-order valence-corrected chi connectivity index (χ3v) is 6.18. The zero-order valence-corrected chi connectivity index (χ0v) is 17.0. The second-order valence-corrected chi connectivity index (χ2v) is 8.21. The highest BCUT2D eigenvalue weighted by Crippen LogP contribution is 2.34. The average Bonchev–Trinajstić information content (AvgIpc) is 3.39. The third-order valence-electron chi connectivity index (χ3n) is 5.13. The number of fused-ring (bicyclic) bond motifs is 5. The lowest BCUT2D eigenvalue weighted by molar-refractivity contribution is 0.174. The number of urea groups is 1. The number of rotatable bonds is 3. The van der Waals surface area contributed by atoms with Gasteiger partial charge in [0.05, 0.1) is 11.0 Å². The van der Waals surface area contributed by atoms with Crippen molar-refractivity contribution >= 4 is 54.5 Å². The Labute approximate surface area is 180 Å². The molecule has 0 atom stereocenters. The number of carbonyl (C=O) groups is 1. The van der Waals surface area contributed by atoms with Crippen molar-refractivity contribution in [3.8, 4) is 11.5 Å². The monoisotopic (exact) mass is 428 g/mol. The van der Waals surface area contributed by atoms with Gasteiger partial charge in [-0.25, -0.2) is 14.8 Å². The molecule has 1 aliphatic rings. The molecular weight excluding hydrogens is 412 g/mol. The maximum atomic E-state index is 12.4. The normalized spacial score (nSPS) is 12.5. The molecule has 2 N–H and O–H groups in total. The number of benzene rings is 3. The first-order valence-corrected chi connectivity index (χ1v) is 10.6. The minimum absolute atomic E-state index is 0.229. The number of ether oxygens (including phenoxy) is 2. The van der Waals surface area contributed by atoms with E-state index in [0.717, 1.165) is 42.8 Å². The van der Waals surface area contributed by atoms with Crippen molar-refractivity contribution in [2.45, 2.75) is 6.54 Å². The Morgan fingerprint density at radius 2 is 1.81 bits per heavy atom. The first-order chi connectivity index (χ1) is 15.2. The van der Waals surface area contributed by atoms with Crippen molar-refractivity contribution in [2.24, 2.45) is 0 Å². The van der Waals surface area contributed by atoms with Crippen molar-refractivity contribution < 1.29 is 14.3 Å². The Morgan fingerprint density at radius 1 is 0.968 bits per heavy atom. The van der Waals surface area contributed by atoms with Gasteiger partial charge in [0.25, 0.3) is 0 Å². The van der Waals surface area contributed by atoms with E-state index < -0.39 is 0 Å². The highest BCUT2D eigenvalue weighted by Gasteiger charge is 2.14. The number of hydrogen-bond acceptors (Lipinski definition) is 6. The van der Waals surface area contributed by atoms with Gasteiger partial charge in [-0.05, 0) is 48.0 Å². The van der Waals surface area contributed by atoms with E-state index in [-0.39, 0.29) is 12.8 Å². The van der Waals surface area contributed by atoms with Crippen LogP contribution >= 0.6 is 11.3 Å². The molecule has 0 spiro atoms. The summed E-state index contributed by atoms with van der Waals surface area (Å²) in [6, 6.07) is 19.0. The van der Waals surface area contributed by atoms with Crippen molar-refractivity contribution in [3.63, 3.8) is 0 Å². The third kappa shape index (κ3) is 3.27. The van der Waals surface area contributed by atoms with Gasteiger partial charge in [-0.2, -0.15) is 0 Å². The molecule has 7 nitrogen and oxygen atoms in total. The van der Waals surface area contributed by atoms with Crippen LogP contribution in [0.5, 0.6) is 11.5 Å². The molecule has 0 bridgehead atoms. The predicted octanol–water partition coefficient (Wildman–Crippen LogP) is 5.05. The number of aromatic nitrogens is 2. The Morgan fingerprint density at radius 3 is 2.71 bits per heavy atom. The molecule has 31 heavy (non-hydrogen) atoms. The minimum atomic E-state index is -0.284. The van der Waals surface area contributed by atoms with E-state index in [1.807, 2.05) is 60.7 Å². The standard InChI is InChI=1S/C23H16N4O3S/c28-23(24-11-13-5-7-18-19(9-13)30-12-29-18)25-14-6-8-20-15(10-14)21-22(31-20)27-17-4-2-1-3-16(17)26-21/h1-10H,11-12H2,(H2,24,25,28). The van der Waals surface area contributed by atoms with Crippen molar-refractivity contribution in [2.75, 3.05) is 12.1 Å². The smallest absolute Gasteiger partial charge is 0.319 e. The van der Waals surface area contributed by atoms with Gasteiger partial charge in [0.15, 0.2) is 11.5 Å². The van der Waals surface area contributed by atoms with Gasteiger partial charge in [0, 0.05) is 22.3 Å². The van der Waals surface area contributed by atoms with Crippen LogP contribution < -0.4 is 20.1 Å². The lowest BCUT2D eigenvalue weighted by Crippen LogP contribution is -2.28. The summed E-state index contributed by atoms with van der Waals surface area (Å²) >= 11 is 1.60. The van der Waals surface area contributed by atoms with E-state index in [9.17, 15) is 4.79 Å². The van der Waals surface area contributed by atoms with Crippen LogP contribution in [-0.2, 0) is 6.54 Å². The zero-order chi connectivity index (χ0) is 20.8. The maximum Gasteiger partial charge on any atom is 0.319 e. The number of nitrogens with one attached hydrogen (secondary N) is 2. The second-order valence-electron chi connectivity index (χ2n) is 7.17. The molecule has 0 fully saturated rings. The number of nitrogens with zero attached hydrogens (tertiary/aromatic N) is 2. The molecular formula is C23H16N4O3S. The Bertz CT molecular complexity index is 1480. The van der Waals surface area contributed by atoms with E-state index in [2.05, 4.69) is 10.6 Å². The number of thiophene rings is 1. The SMILES string of the molecule is O=C(NCc1ccc2c(c1)OCO2)Nc1ccc2sc3nc4ccccc4nc3c2c1. The fourth-order valence-electron chi connectivity index (χ4n) is 3.62. The van der Waals surface area contributed by atoms with Crippen molar-refractivity contribution in [1.82, 2.24) is 15.3 Å². The summed E-state index contributed by atoms with van der Waals surface area (Å²) < 4.78 is 11.8. The summed E-state index contributed by atoms with van der Waals surface area (Å²) in [5.74, 6) is 1.42. The molecule has 0 aliphatic carbocycles. The van der Waals surface area contributed by atoms with E-state index in [4.69, 9.17) is 19.4 Å². The highest BCUT2D eigenvalue weighted by atomic mass is 32.1. The van der Waals surface area contributed by atoms with Crippen molar-refractivity contribution in [1.29, 1.82) is 0 Å². The van der Waals surface area contributed by atoms with Crippen LogP contribution in [0.1, 0.15) is 5.56 Å². The first kappa shape index (κ1) is 17.9. The summed E-state index contributed by atoms with van der Waals surface area (Å²) in [5, 5.41) is 6.75. The molecule has 3 aromatic carbocycles. The lowest BCUT2D eigenvalue weighted by atomic mass is 10.2. The van der Waals surface area contributed by atoms with Crippen LogP contribution in [0.2, 0.25) is 0 Å². The fraction of sp³-hybridized carbons (Fsp3) is 0.0870. The van der Waals surface area contributed by atoms with E-state index in [1.54, 1.807) is 11.3 Å². The fourth-order valence-corrected chi connectivity index (χ4v) is 4.63. The molecule has 0 radical (unpaired) electrons. The number of anilines is 1. The summed E-state index contributed by atoms with van der Waals surface area (Å²) in [7, 11) is 0. The van der Waals surface area contributed by atoms with Gasteiger partial charge in [-0.1, -0.05) is 18.2 Å². The van der Waals surface area contributed by atoms with Gasteiger partial charge in [0.1, 0.15) is 10.3 Å². The van der Waals surface area contributed by atoms with Crippen LogP contribution in [0.3, 0.4) is 0 Å². The van der Waals surface area contributed by atoms with Gasteiger partial charge >= 0.3 is 6.03 Å². The summed E-state index contributed by atoms with van der Waals surface area (Å²) in [4.78, 5) is 22.8. The van der Waals surface area contributed by atoms with Gasteiger partial charge in [0.2, 0.25) is 6.79 Å². The number of amides is 2. The summed E-state index contributed by atoms with van der Waals surface area (Å²) in [6.07, 6.45) is 0. The quantitative estimate of drug-likeness (QED) is 0.420. The molecule has 1 aliphatic heterocycles. The topological polar surface area (TPSA) is 85.4 Å². The molecule has 2 aromatic heterocycles. The van der Waals surface area contributed by atoms with Crippen LogP contribution in [0.25, 0.3) is 31.5 Å². The molecule has 3 heterocycles. The largest absolute Gasteiger partial charge is 0.454 e. The number of carbonyl (C=O) groups excluding carboxylic acids is 1. The van der Waals surface area contributed by atoms with E-state index in [0.29, 0.717) is 18.0 Å². The van der Waals surface area contributed by atoms with E-state index in [1.165, 1.54) is 0 Å². The Kier molecular flexibility index (Phi) is 4.10. The molecule has 0 unspecified atom stereocenters. The average molecular weight is 428 g/mol. The molecule has 0 saturated carbocycles. The van der Waals surface area contributed by atoms with Gasteiger partial charge in [-0.3, -0.25) is 0 Å². The lowest BCUT2D eigenvalue weighted by Gasteiger charge is -2.08. The molecule has 5 aromatic rings. The molecule has 8 heteroatoms. The summed E-state index contributed by atoms with van der Waals surface area (Å²) in [5.41, 5.74) is 4.21.